The first-order valence-electron chi connectivity index (χ1n) is 6.00. The minimum absolute atomic E-state index is 0.00226. The molecule has 0 aliphatic rings. The highest BCUT2D eigenvalue weighted by atomic mass is 16.3. The molecule has 8 heteroatoms. The number of nitrogen functional groups attached to an aromatic ring is 1. The Kier molecular flexibility index (Phi) is 3.29. The summed E-state index contributed by atoms with van der Waals surface area (Å²) in [4.78, 5) is 11.0. The van der Waals surface area contributed by atoms with Crippen LogP contribution in [0, 0.1) is 5.41 Å². The highest BCUT2D eigenvalue weighted by molar-refractivity contribution is 5.80. The minimum atomic E-state index is -0.584. The van der Waals surface area contributed by atoms with Crippen molar-refractivity contribution in [2.24, 2.45) is 0 Å². The Morgan fingerprint density at radius 3 is 2.84 bits per heavy atom. The first kappa shape index (κ1) is 13.5. The number of aromatic nitrogens is 4. The van der Waals surface area contributed by atoms with E-state index in [1.165, 1.54) is 6.33 Å². The molecule has 1 atom stereocenters. The maximum Gasteiger partial charge on any atom is 0.225 e. The van der Waals surface area contributed by atoms with Crippen molar-refractivity contribution in [2.45, 2.75) is 12.6 Å². The average molecular weight is 266 g/mol. The number of aliphatic hydroxyl groups excluding tert-OH is 1. The van der Waals surface area contributed by atoms with Crippen LogP contribution in [0.15, 0.2) is 6.33 Å². The van der Waals surface area contributed by atoms with Gasteiger partial charge in [0.15, 0.2) is 11.5 Å². The first-order chi connectivity index (χ1) is 8.78. The molecule has 2 rings (SSSR count). The first-order valence-corrected chi connectivity index (χ1v) is 6.00. The van der Waals surface area contributed by atoms with E-state index in [4.69, 9.17) is 11.1 Å². The van der Waals surface area contributed by atoms with Crippen molar-refractivity contribution in [3.05, 3.63) is 11.9 Å². The Bertz CT molecular complexity index is 637. The molecule has 8 nitrogen and oxygen atoms in total. The number of nitrogens with one attached hydrogen (secondary N) is 2. The molecule has 0 bridgehead atoms. The van der Waals surface area contributed by atoms with Crippen LogP contribution >= 0.6 is 0 Å². The number of rotatable bonds is 4. The molecule has 1 unspecified atom stereocenters. The SMILES string of the molecule is C[N+](C)(C)CC(O)Cn1c(=N)nc(N)c2[nH]cnc21. The number of hydrogen-bond acceptors (Lipinski definition) is 5. The molecule has 0 saturated heterocycles. The molecule has 5 N–H and O–H groups in total. The Labute approximate surface area is 110 Å². The van der Waals surface area contributed by atoms with E-state index in [0.29, 0.717) is 22.2 Å². The van der Waals surface area contributed by atoms with Crippen molar-refractivity contribution < 1.29 is 9.59 Å². The molecule has 2 aromatic heterocycles. The van der Waals surface area contributed by atoms with Gasteiger partial charge in [-0.3, -0.25) is 9.98 Å². The van der Waals surface area contributed by atoms with Gasteiger partial charge in [0.1, 0.15) is 18.2 Å². The van der Waals surface area contributed by atoms with Crippen LogP contribution in [0.25, 0.3) is 11.2 Å². The summed E-state index contributed by atoms with van der Waals surface area (Å²) >= 11 is 0. The second-order valence-corrected chi connectivity index (χ2v) is 5.66. The predicted molar refractivity (Wildman–Crippen MR) is 71.1 cm³/mol. The Morgan fingerprint density at radius 1 is 1.53 bits per heavy atom. The molecule has 2 heterocycles. The smallest absolute Gasteiger partial charge is 0.225 e. The Hall–Kier alpha value is -1.93. The zero-order valence-corrected chi connectivity index (χ0v) is 11.4. The maximum atomic E-state index is 10.1. The second kappa shape index (κ2) is 4.63. The highest BCUT2D eigenvalue weighted by Gasteiger charge is 2.18. The average Bonchev–Trinajstić information content (AvgIpc) is 2.70. The topological polar surface area (TPSA) is 117 Å². The summed E-state index contributed by atoms with van der Waals surface area (Å²) in [6.45, 7) is 0.839. The number of aromatic amines is 1. The number of anilines is 1. The molecule has 0 amide bonds. The quantitative estimate of drug-likeness (QED) is 0.525. The number of fused-ring (bicyclic) bond motifs is 1. The standard InChI is InChI=1S/C11H20N7O/c1-18(2,3)5-7(19)4-17-10-8(14-6-15-10)9(12)16-11(17)13/h6-7,19H,4-5H2,1-3H3,(H,14,15)(H3,12,13,16)/q+1. The second-order valence-electron chi connectivity index (χ2n) is 5.66. The third kappa shape index (κ3) is 2.91. The number of H-pyrrole nitrogens is 1. The summed E-state index contributed by atoms with van der Waals surface area (Å²) in [5, 5.41) is 18.0. The van der Waals surface area contributed by atoms with Crippen molar-refractivity contribution in [2.75, 3.05) is 33.4 Å². The van der Waals surface area contributed by atoms with Crippen LogP contribution in [0.4, 0.5) is 5.82 Å². The van der Waals surface area contributed by atoms with E-state index < -0.39 is 6.10 Å². The number of hydrogen-bond donors (Lipinski definition) is 4. The van der Waals surface area contributed by atoms with Gasteiger partial charge in [0.25, 0.3) is 0 Å². The number of quaternary nitrogens is 1. The lowest BCUT2D eigenvalue weighted by Crippen LogP contribution is -2.44. The van der Waals surface area contributed by atoms with E-state index in [1.807, 2.05) is 21.1 Å². The molecule has 0 aliphatic heterocycles. The molecule has 0 fully saturated rings. The summed E-state index contributed by atoms with van der Waals surface area (Å²) in [5.74, 6) is 0.245. The van der Waals surface area contributed by atoms with Crippen LogP contribution in [0.1, 0.15) is 0 Å². The third-order valence-electron chi connectivity index (χ3n) is 2.76. The van der Waals surface area contributed by atoms with Crippen LogP contribution < -0.4 is 11.4 Å². The van der Waals surface area contributed by atoms with Gasteiger partial charge in [0.2, 0.25) is 5.62 Å². The van der Waals surface area contributed by atoms with Crippen LogP contribution in [-0.2, 0) is 6.54 Å². The van der Waals surface area contributed by atoms with Crippen molar-refractivity contribution in [1.82, 2.24) is 19.5 Å². The molecular weight excluding hydrogens is 246 g/mol. The molecule has 104 valence electrons. The van der Waals surface area contributed by atoms with Gasteiger partial charge in [-0.15, -0.1) is 0 Å². The molecular formula is C11H20N7O+. The van der Waals surface area contributed by atoms with E-state index in [9.17, 15) is 5.11 Å². The number of imidazole rings is 1. The summed E-state index contributed by atoms with van der Waals surface area (Å²) in [6, 6.07) is 0. The largest absolute Gasteiger partial charge is 0.385 e. The monoisotopic (exact) mass is 266 g/mol. The van der Waals surface area contributed by atoms with Crippen molar-refractivity contribution in [1.29, 1.82) is 5.41 Å². The lowest BCUT2D eigenvalue weighted by Gasteiger charge is -2.27. The molecule has 0 aliphatic carbocycles. The molecule has 19 heavy (non-hydrogen) atoms. The van der Waals surface area contributed by atoms with Gasteiger partial charge in [-0.1, -0.05) is 0 Å². The van der Waals surface area contributed by atoms with E-state index >= 15 is 0 Å². The molecule has 2 aromatic rings. The van der Waals surface area contributed by atoms with Gasteiger partial charge in [-0.25, -0.2) is 4.98 Å². The van der Waals surface area contributed by atoms with Crippen LogP contribution in [-0.4, -0.2) is 62.9 Å². The van der Waals surface area contributed by atoms with Gasteiger partial charge in [0.05, 0.1) is 34.0 Å². The third-order valence-corrected chi connectivity index (χ3v) is 2.76. The zero-order chi connectivity index (χ0) is 14.2. The molecule has 0 spiro atoms. The summed E-state index contributed by atoms with van der Waals surface area (Å²) < 4.78 is 2.20. The van der Waals surface area contributed by atoms with Gasteiger partial charge < -0.3 is 20.3 Å². The minimum Gasteiger partial charge on any atom is -0.385 e. The Balaban J connectivity index is 2.35. The van der Waals surface area contributed by atoms with Crippen LogP contribution in [0.3, 0.4) is 0 Å². The normalized spacial score (nSPS) is 13.9. The summed E-state index contributed by atoms with van der Waals surface area (Å²) in [5.41, 5.74) is 6.85. The maximum absolute atomic E-state index is 10.1. The van der Waals surface area contributed by atoms with Gasteiger partial charge in [-0.05, 0) is 0 Å². The van der Waals surface area contributed by atoms with Gasteiger partial charge >= 0.3 is 0 Å². The lowest BCUT2D eigenvalue weighted by molar-refractivity contribution is -0.873. The van der Waals surface area contributed by atoms with Crippen LogP contribution in [0.5, 0.6) is 0 Å². The van der Waals surface area contributed by atoms with Gasteiger partial charge in [0, 0.05) is 0 Å². The fraction of sp³-hybridized carbons (Fsp3) is 0.545. The Morgan fingerprint density at radius 2 is 2.21 bits per heavy atom. The fourth-order valence-electron chi connectivity index (χ4n) is 2.08. The lowest BCUT2D eigenvalue weighted by atomic mass is 10.3. The van der Waals surface area contributed by atoms with Crippen LogP contribution in [0.2, 0.25) is 0 Å². The predicted octanol–water partition coefficient (Wildman–Crippen LogP) is -1.11. The molecule has 0 aromatic carbocycles. The summed E-state index contributed by atoms with van der Waals surface area (Å²) in [7, 11) is 6.00. The van der Waals surface area contributed by atoms with E-state index in [0.717, 1.165) is 0 Å². The van der Waals surface area contributed by atoms with E-state index in [1.54, 1.807) is 4.57 Å². The van der Waals surface area contributed by atoms with Gasteiger partial charge in [-0.2, -0.15) is 4.98 Å². The molecule has 0 radical (unpaired) electrons. The number of nitrogens with two attached hydrogens (primary N) is 1. The highest BCUT2D eigenvalue weighted by Crippen LogP contribution is 2.12. The van der Waals surface area contributed by atoms with Crippen molar-refractivity contribution in [3.8, 4) is 0 Å². The summed E-state index contributed by atoms with van der Waals surface area (Å²) in [6.07, 6.45) is 0.921. The number of nitrogens with zero attached hydrogens (tertiary/aromatic N) is 4. The number of aliphatic hydroxyl groups is 1. The van der Waals surface area contributed by atoms with E-state index in [-0.39, 0.29) is 18.0 Å². The van der Waals surface area contributed by atoms with Crippen molar-refractivity contribution >= 4 is 17.0 Å². The van der Waals surface area contributed by atoms with E-state index in [2.05, 4.69) is 15.0 Å². The fourth-order valence-corrected chi connectivity index (χ4v) is 2.08. The van der Waals surface area contributed by atoms with Crippen molar-refractivity contribution in [3.63, 3.8) is 0 Å². The zero-order valence-electron chi connectivity index (χ0n) is 11.4. The number of likely N-dealkylation sites (N-methyl/N-ethyl adjacent to an activating group) is 1. The molecule has 0 saturated carbocycles.